The highest BCUT2D eigenvalue weighted by atomic mass is 35.5. The first-order valence-electron chi connectivity index (χ1n) is 6.41. The van der Waals surface area contributed by atoms with Crippen molar-refractivity contribution >= 4 is 34.8 Å². The van der Waals surface area contributed by atoms with E-state index >= 15 is 0 Å². The first-order chi connectivity index (χ1) is 9.97. The molecule has 21 heavy (non-hydrogen) atoms. The van der Waals surface area contributed by atoms with Gasteiger partial charge in [0, 0.05) is 0 Å². The van der Waals surface area contributed by atoms with Gasteiger partial charge in [-0.05, 0) is 49.2 Å². The summed E-state index contributed by atoms with van der Waals surface area (Å²) in [6.45, 7) is 3.90. The number of rotatable bonds is 4. The van der Waals surface area contributed by atoms with E-state index in [1.807, 2.05) is 32.0 Å². The number of amides is 1. The Kier molecular flexibility index (Phi) is 5.10. The SMILES string of the molecule is Cc1ccc(OCC(=O)Nc2c(Cl)cccc2Cl)cc1C. The van der Waals surface area contributed by atoms with Gasteiger partial charge >= 0.3 is 0 Å². The number of carbonyl (C=O) groups is 1. The van der Waals surface area contributed by atoms with Gasteiger partial charge in [0.05, 0.1) is 15.7 Å². The zero-order valence-corrected chi connectivity index (χ0v) is 13.3. The number of aryl methyl sites for hydroxylation is 2. The summed E-state index contributed by atoms with van der Waals surface area (Å²) in [6.07, 6.45) is 0. The second-order valence-corrected chi connectivity index (χ2v) is 5.49. The van der Waals surface area contributed by atoms with E-state index in [4.69, 9.17) is 27.9 Å². The summed E-state index contributed by atoms with van der Waals surface area (Å²) in [6, 6.07) is 10.7. The third-order valence-electron chi connectivity index (χ3n) is 3.08. The van der Waals surface area contributed by atoms with Crippen molar-refractivity contribution in [2.75, 3.05) is 11.9 Å². The topological polar surface area (TPSA) is 38.3 Å². The summed E-state index contributed by atoms with van der Waals surface area (Å²) in [7, 11) is 0. The molecule has 3 nitrogen and oxygen atoms in total. The molecule has 0 fully saturated rings. The van der Waals surface area contributed by atoms with Crippen molar-refractivity contribution in [2.24, 2.45) is 0 Å². The third kappa shape index (κ3) is 4.13. The fraction of sp³-hybridized carbons (Fsp3) is 0.188. The minimum Gasteiger partial charge on any atom is -0.484 e. The largest absolute Gasteiger partial charge is 0.484 e. The van der Waals surface area contributed by atoms with E-state index in [2.05, 4.69) is 5.32 Å². The molecule has 0 spiro atoms. The number of hydrogen-bond donors (Lipinski definition) is 1. The molecule has 0 saturated heterocycles. The maximum absolute atomic E-state index is 11.9. The Hall–Kier alpha value is -1.71. The number of hydrogen-bond acceptors (Lipinski definition) is 2. The molecule has 0 bridgehead atoms. The fourth-order valence-corrected chi connectivity index (χ4v) is 2.24. The molecule has 0 saturated carbocycles. The molecule has 0 heterocycles. The minimum absolute atomic E-state index is 0.107. The zero-order valence-electron chi connectivity index (χ0n) is 11.7. The molecule has 0 unspecified atom stereocenters. The Morgan fingerprint density at radius 1 is 1.10 bits per heavy atom. The molecular formula is C16H15Cl2NO2. The molecule has 0 aliphatic heterocycles. The average Bonchev–Trinajstić information content (AvgIpc) is 2.44. The minimum atomic E-state index is -0.316. The maximum atomic E-state index is 11.9. The quantitative estimate of drug-likeness (QED) is 0.890. The lowest BCUT2D eigenvalue weighted by molar-refractivity contribution is -0.118. The molecule has 1 N–H and O–H groups in total. The molecule has 0 aromatic heterocycles. The Morgan fingerprint density at radius 2 is 1.76 bits per heavy atom. The molecule has 0 aliphatic rings. The standard InChI is InChI=1S/C16H15Cl2NO2/c1-10-6-7-12(8-11(10)2)21-9-15(20)19-16-13(17)4-3-5-14(16)18/h3-8H,9H2,1-2H3,(H,19,20). The zero-order chi connectivity index (χ0) is 15.4. The Balaban J connectivity index is 1.97. The van der Waals surface area contributed by atoms with Crippen LogP contribution in [0, 0.1) is 13.8 Å². The van der Waals surface area contributed by atoms with E-state index in [0.29, 0.717) is 21.5 Å². The number of nitrogens with one attached hydrogen (secondary N) is 1. The number of benzene rings is 2. The number of halogens is 2. The van der Waals surface area contributed by atoms with Crippen LogP contribution >= 0.6 is 23.2 Å². The predicted molar refractivity (Wildman–Crippen MR) is 86.5 cm³/mol. The van der Waals surface area contributed by atoms with E-state index in [0.717, 1.165) is 5.56 Å². The van der Waals surface area contributed by atoms with E-state index < -0.39 is 0 Å². The highest BCUT2D eigenvalue weighted by Crippen LogP contribution is 2.29. The van der Waals surface area contributed by atoms with E-state index in [9.17, 15) is 4.79 Å². The van der Waals surface area contributed by atoms with Crippen LogP contribution in [0.1, 0.15) is 11.1 Å². The predicted octanol–water partition coefficient (Wildman–Crippen LogP) is 4.63. The van der Waals surface area contributed by atoms with Crippen molar-refractivity contribution < 1.29 is 9.53 Å². The van der Waals surface area contributed by atoms with Crippen LogP contribution in [0.25, 0.3) is 0 Å². The first kappa shape index (κ1) is 15.7. The first-order valence-corrected chi connectivity index (χ1v) is 7.17. The van der Waals surface area contributed by atoms with Gasteiger partial charge in [0.2, 0.25) is 0 Å². The van der Waals surface area contributed by atoms with E-state index in [-0.39, 0.29) is 12.5 Å². The van der Waals surface area contributed by atoms with Gasteiger partial charge in [-0.2, -0.15) is 0 Å². The molecule has 110 valence electrons. The molecular weight excluding hydrogens is 309 g/mol. The van der Waals surface area contributed by atoms with Crippen LogP contribution < -0.4 is 10.1 Å². The van der Waals surface area contributed by atoms with Crippen molar-refractivity contribution in [3.05, 3.63) is 57.6 Å². The molecule has 5 heteroatoms. The van der Waals surface area contributed by atoms with Crippen LogP contribution in [0.3, 0.4) is 0 Å². The molecule has 2 rings (SSSR count). The van der Waals surface area contributed by atoms with Crippen molar-refractivity contribution in [3.63, 3.8) is 0 Å². The summed E-state index contributed by atoms with van der Waals surface area (Å²) >= 11 is 12.0. The summed E-state index contributed by atoms with van der Waals surface area (Å²) in [5.41, 5.74) is 2.69. The van der Waals surface area contributed by atoms with E-state index in [1.54, 1.807) is 18.2 Å². The van der Waals surface area contributed by atoms with Crippen LogP contribution in [0.5, 0.6) is 5.75 Å². The third-order valence-corrected chi connectivity index (χ3v) is 3.71. The summed E-state index contributed by atoms with van der Waals surface area (Å²) in [4.78, 5) is 11.9. The van der Waals surface area contributed by atoms with Gasteiger partial charge < -0.3 is 10.1 Å². The Morgan fingerprint density at radius 3 is 2.38 bits per heavy atom. The van der Waals surface area contributed by atoms with Crippen molar-refractivity contribution in [2.45, 2.75) is 13.8 Å². The van der Waals surface area contributed by atoms with Crippen molar-refractivity contribution in [3.8, 4) is 5.75 Å². The maximum Gasteiger partial charge on any atom is 0.262 e. The fourth-order valence-electron chi connectivity index (χ4n) is 1.75. The summed E-state index contributed by atoms with van der Waals surface area (Å²) in [5, 5.41) is 3.43. The van der Waals surface area contributed by atoms with Crippen LogP contribution in [0.2, 0.25) is 10.0 Å². The molecule has 0 aliphatic carbocycles. The second kappa shape index (κ2) is 6.83. The van der Waals surface area contributed by atoms with E-state index in [1.165, 1.54) is 5.56 Å². The average molecular weight is 324 g/mol. The number of ether oxygens (including phenoxy) is 1. The smallest absolute Gasteiger partial charge is 0.262 e. The van der Waals surface area contributed by atoms with Crippen LogP contribution in [0.4, 0.5) is 5.69 Å². The van der Waals surface area contributed by atoms with Gasteiger partial charge in [-0.3, -0.25) is 4.79 Å². The lowest BCUT2D eigenvalue weighted by Crippen LogP contribution is -2.20. The summed E-state index contributed by atoms with van der Waals surface area (Å²) < 4.78 is 5.46. The van der Waals surface area contributed by atoms with Gasteiger partial charge in [-0.25, -0.2) is 0 Å². The normalized spacial score (nSPS) is 10.3. The second-order valence-electron chi connectivity index (χ2n) is 4.68. The Bertz CT molecular complexity index is 651. The lowest BCUT2D eigenvalue weighted by Gasteiger charge is -2.11. The van der Waals surface area contributed by atoms with Crippen LogP contribution in [-0.4, -0.2) is 12.5 Å². The lowest BCUT2D eigenvalue weighted by atomic mass is 10.1. The number of para-hydroxylation sites is 1. The number of anilines is 1. The van der Waals surface area contributed by atoms with Crippen molar-refractivity contribution in [1.29, 1.82) is 0 Å². The molecule has 2 aromatic carbocycles. The molecule has 0 atom stereocenters. The number of carbonyl (C=O) groups excluding carboxylic acids is 1. The van der Waals surface area contributed by atoms with Crippen LogP contribution in [0.15, 0.2) is 36.4 Å². The van der Waals surface area contributed by atoms with Gasteiger partial charge in [0.1, 0.15) is 5.75 Å². The highest BCUT2D eigenvalue weighted by Gasteiger charge is 2.10. The van der Waals surface area contributed by atoms with Gasteiger partial charge in [-0.15, -0.1) is 0 Å². The summed E-state index contributed by atoms with van der Waals surface area (Å²) in [5.74, 6) is 0.335. The van der Waals surface area contributed by atoms with Gasteiger partial charge in [-0.1, -0.05) is 35.3 Å². The Labute approximate surface area is 133 Å². The molecule has 2 aromatic rings. The molecule has 1 amide bonds. The molecule has 0 radical (unpaired) electrons. The monoisotopic (exact) mass is 323 g/mol. The highest BCUT2D eigenvalue weighted by molar-refractivity contribution is 6.39. The van der Waals surface area contributed by atoms with Crippen LogP contribution in [-0.2, 0) is 4.79 Å². The van der Waals surface area contributed by atoms with Crippen molar-refractivity contribution in [1.82, 2.24) is 0 Å². The van der Waals surface area contributed by atoms with Gasteiger partial charge in [0.15, 0.2) is 6.61 Å². The van der Waals surface area contributed by atoms with Gasteiger partial charge in [0.25, 0.3) is 5.91 Å².